The van der Waals surface area contributed by atoms with Crippen LogP contribution in [-0.2, 0) is 16.0 Å². The van der Waals surface area contributed by atoms with Crippen molar-refractivity contribution in [2.24, 2.45) is 0 Å². The lowest BCUT2D eigenvalue weighted by atomic mass is 9.97. The quantitative estimate of drug-likeness (QED) is 0.785. The maximum atomic E-state index is 11.6. The minimum absolute atomic E-state index is 0.0356. The predicted octanol–water partition coefficient (Wildman–Crippen LogP) is 2.78. The SMILES string of the molecule is COC(=O)CC(Cc1cc(C)c(C)cc1OC)NC(C)C. The number of carbonyl (C=O) groups is 1. The maximum absolute atomic E-state index is 11.6. The Bertz CT molecular complexity index is 483. The molecule has 0 radical (unpaired) electrons. The second-order valence-electron chi connectivity index (χ2n) is 5.75. The standard InChI is InChI=1S/C17H27NO3/c1-11(2)18-15(10-17(19)21-6)9-14-7-12(3)13(4)8-16(14)20-5/h7-8,11,15,18H,9-10H2,1-6H3. The van der Waals surface area contributed by atoms with Crippen LogP contribution in [-0.4, -0.2) is 32.3 Å². The molecule has 0 saturated heterocycles. The fourth-order valence-electron chi connectivity index (χ4n) is 2.41. The van der Waals surface area contributed by atoms with Gasteiger partial charge in [0.15, 0.2) is 0 Å². The summed E-state index contributed by atoms with van der Waals surface area (Å²) in [5.41, 5.74) is 3.55. The molecule has 4 heteroatoms. The first kappa shape index (κ1) is 17.5. The van der Waals surface area contributed by atoms with Crippen LogP contribution in [0, 0.1) is 13.8 Å². The topological polar surface area (TPSA) is 47.6 Å². The van der Waals surface area contributed by atoms with Crippen molar-refractivity contribution in [3.05, 3.63) is 28.8 Å². The lowest BCUT2D eigenvalue weighted by molar-refractivity contribution is -0.141. The molecule has 0 spiro atoms. The number of esters is 1. The van der Waals surface area contributed by atoms with Crippen molar-refractivity contribution in [3.8, 4) is 5.75 Å². The van der Waals surface area contributed by atoms with Gasteiger partial charge in [-0.05, 0) is 43.0 Å². The number of benzene rings is 1. The molecule has 4 nitrogen and oxygen atoms in total. The van der Waals surface area contributed by atoms with Crippen LogP contribution in [0.25, 0.3) is 0 Å². The minimum Gasteiger partial charge on any atom is -0.496 e. The van der Waals surface area contributed by atoms with Gasteiger partial charge in [0, 0.05) is 12.1 Å². The molecule has 1 aromatic carbocycles. The summed E-state index contributed by atoms with van der Waals surface area (Å²) in [5, 5.41) is 3.42. The minimum atomic E-state index is -0.198. The summed E-state index contributed by atoms with van der Waals surface area (Å²) in [7, 11) is 3.10. The largest absolute Gasteiger partial charge is 0.496 e. The van der Waals surface area contributed by atoms with Crippen molar-refractivity contribution < 1.29 is 14.3 Å². The van der Waals surface area contributed by atoms with Gasteiger partial charge in [0.2, 0.25) is 0 Å². The molecule has 0 amide bonds. The maximum Gasteiger partial charge on any atom is 0.307 e. The Morgan fingerprint density at radius 1 is 1.19 bits per heavy atom. The number of carbonyl (C=O) groups excluding carboxylic acids is 1. The zero-order chi connectivity index (χ0) is 16.0. The molecule has 1 N–H and O–H groups in total. The van der Waals surface area contributed by atoms with Crippen LogP contribution in [0.3, 0.4) is 0 Å². The van der Waals surface area contributed by atoms with Gasteiger partial charge in [-0.1, -0.05) is 19.9 Å². The first-order valence-electron chi connectivity index (χ1n) is 7.34. The molecule has 0 aliphatic heterocycles. The molecule has 0 aromatic heterocycles. The summed E-state index contributed by atoms with van der Waals surface area (Å²) in [6.07, 6.45) is 1.09. The van der Waals surface area contributed by atoms with E-state index in [1.807, 2.05) is 0 Å². The Labute approximate surface area is 127 Å². The van der Waals surface area contributed by atoms with E-state index in [0.29, 0.717) is 12.5 Å². The Hall–Kier alpha value is -1.55. The first-order chi connectivity index (χ1) is 9.87. The van der Waals surface area contributed by atoms with Gasteiger partial charge in [-0.2, -0.15) is 0 Å². The van der Waals surface area contributed by atoms with Gasteiger partial charge in [-0.3, -0.25) is 4.79 Å². The third-order valence-corrected chi connectivity index (χ3v) is 3.57. The number of rotatable bonds is 7. The van der Waals surface area contributed by atoms with Crippen LogP contribution in [0.5, 0.6) is 5.75 Å². The van der Waals surface area contributed by atoms with Crippen LogP contribution in [0.4, 0.5) is 0 Å². The van der Waals surface area contributed by atoms with Gasteiger partial charge in [0.25, 0.3) is 0 Å². The molecular formula is C17H27NO3. The normalized spacial score (nSPS) is 12.3. The molecule has 0 heterocycles. The average molecular weight is 293 g/mol. The highest BCUT2D eigenvalue weighted by Gasteiger charge is 2.18. The second kappa shape index (κ2) is 8.03. The summed E-state index contributed by atoms with van der Waals surface area (Å²) < 4.78 is 10.3. The molecule has 0 aliphatic carbocycles. The molecule has 0 bridgehead atoms. The van der Waals surface area contributed by atoms with Gasteiger partial charge in [-0.15, -0.1) is 0 Å². The van der Waals surface area contributed by atoms with Crippen molar-refractivity contribution in [2.45, 2.75) is 52.6 Å². The molecule has 1 aromatic rings. The van der Waals surface area contributed by atoms with Crippen LogP contribution >= 0.6 is 0 Å². The van der Waals surface area contributed by atoms with E-state index in [2.05, 4.69) is 45.1 Å². The van der Waals surface area contributed by atoms with Crippen molar-refractivity contribution >= 4 is 5.97 Å². The Morgan fingerprint density at radius 2 is 1.81 bits per heavy atom. The first-order valence-corrected chi connectivity index (χ1v) is 7.34. The van der Waals surface area contributed by atoms with Gasteiger partial charge in [0.05, 0.1) is 20.6 Å². The number of ether oxygens (including phenoxy) is 2. The zero-order valence-corrected chi connectivity index (χ0v) is 13.9. The van der Waals surface area contributed by atoms with Crippen LogP contribution < -0.4 is 10.1 Å². The zero-order valence-electron chi connectivity index (χ0n) is 13.9. The molecule has 21 heavy (non-hydrogen) atoms. The van der Waals surface area contributed by atoms with E-state index in [4.69, 9.17) is 9.47 Å². The highest BCUT2D eigenvalue weighted by atomic mass is 16.5. The van der Waals surface area contributed by atoms with Crippen LogP contribution in [0.2, 0.25) is 0 Å². The molecule has 1 atom stereocenters. The van der Waals surface area contributed by atoms with E-state index in [1.54, 1.807) is 7.11 Å². The highest BCUT2D eigenvalue weighted by molar-refractivity contribution is 5.70. The molecule has 0 fully saturated rings. The molecular weight excluding hydrogens is 266 g/mol. The summed E-state index contributed by atoms with van der Waals surface area (Å²) in [4.78, 5) is 11.6. The number of aryl methyl sites for hydroxylation is 2. The fourth-order valence-corrected chi connectivity index (χ4v) is 2.41. The van der Waals surface area contributed by atoms with E-state index in [0.717, 1.165) is 17.7 Å². The second-order valence-corrected chi connectivity index (χ2v) is 5.75. The number of nitrogens with one attached hydrogen (secondary N) is 1. The van der Waals surface area contributed by atoms with Gasteiger partial charge in [0.1, 0.15) is 5.75 Å². The third-order valence-electron chi connectivity index (χ3n) is 3.57. The highest BCUT2D eigenvalue weighted by Crippen LogP contribution is 2.25. The van der Waals surface area contributed by atoms with E-state index in [9.17, 15) is 4.79 Å². The average Bonchev–Trinajstić information content (AvgIpc) is 2.41. The van der Waals surface area contributed by atoms with Gasteiger partial charge in [-0.25, -0.2) is 0 Å². The van der Waals surface area contributed by atoms with E-state index in [1.165, 1.54) is 18.2 Å². The van der Waals surface area contributed by atoms with E-state index >= 15 is 0 Å². The number of hydrogen-bond donors (Lipinski definition) is 1. The summed E-state index contributed by atoms with van der Waals surface area (Å²) in [5.74, 6) is 0.675. The fraction of sp³-hybridized carbons (Fsp3) is 0.588. The third kappa shape index (κ3) is 5.38. The van der Waals surface area contributed by atoms with Crippen molar-refractivity contribution in [1.29, 1.82) is 0 Å². The molecule has 1 rings (SSSR count). The van der Waals surface area contributed by atoms with Crippen molar-refractivity contribution in [3.63, 3.8) is 0 Å². The predicted molar refractivity (Wildman–Crippen MR) is 84.9 cm³/mol. The summed E-state index contributed by atoms with van der Waals surface area (Å²) in [6, 6.07) is 4.53. The molecule has 118 valence electrons. The van der Waals surface area contributed by atoms with Gasteiger partial charge < -0.3 is 14.8 Å². The molecule has 1 unspecified atom stereocenters. The monoisotopic (exact) mass is 293 g/mol. The Kier molecular flexibility index (Phi) is 6.69. The molecule has 0 saturated carbocycles. The molecule has 0 aliphatic rings. The van der Waals surface area contributed by atoms with Crippen molar-refractivity contribution in [1.82, 2.24) is 5.32 Å². The smallest absolute Gasteiger partial charge is 0.307 e. The summed E-state index contributed by atoms with van der Waals surface area (Å²) in [6.45, 7) is 8.30. The van der Waals surface area contributed by atoms with Crippen LogP contribution in [0.1, 0.15) is 37.0 Å². The lowest BCUT2D eigenvalue weighted by Gasteiger charge is -2.22. The lowest BCUT2D eigenvalue weighted by Crippen LogP contribution is -2.38. The van der Waals surface area contributed by atoms with Crippen molar-refractivity contribution in [2.75, 3.05) is 14.2 Å². The van der Waals surface area contributed by atoms with Crippen LogP contribution in [0.15, 0.2) is 12.1 Å². The Morgan fingerprint density at radius 3 is 2.33 bits per heavy atom. The Balaban J connectivity index is 2.96. The number of methoxy groups -OCH3 is 2. The van der Waals surface area contributed by atoms with E-state index in [-0.39, 0.29) is 12.0 Å². The van der Waals surface area contributed by atoms with E-state index < -0.39 is 0 Å². The summed E-state index contributed by atoms with van der Waals surface area (Å²) >= 11 is 0. The number of hydrogen-bond acceptors (Lipinski definition) is 4. The van der Waals surface area contributed by atoms with Gasteiger partial charge >= 0.3 is 5.97 Å².